The highest BCUT2D eigenvalue weighted by atomic mass is 32.2. The molecule has 0 bridgehead atoms. The average Bonchev–Trinajstić information content (AvgIpc) is 3.19. The first-order chi connectivity index (χ1) is 16.6. The van der Waals surface area contributed by atoms with E-state index < -0.39 is 20.0 Å². The molecule has 4 aromatic carbocycles. The summed E-state index contributed by atoms with van der Waals surface area (Å²) in [6, 6.07) is 20.2. The number of phenolic OH excluding ortho intramolecular Hbond substituents is 2. The van der Waals surface area contributed by atoms with Gasteiger partial charge in [-0.3, -0.25) is 9.44 Å². The van der Waals surface area contributed by atoms with Gasteiger partial charge < -0.3 is 14.6 Å². The molecule has 0 radical (unpaired) electrons. The molecule has 9 nitrogen and oxygen atoms in total. The second-order valence-corrected chi connectivity index (χ2v) is 11.0. The quantitative estimate of drug-likeness (QED) is 0.244. The van der Waals surface area contributed by atoms with Gasteiger partial charge in [0.15, 0.2) is 0 Å². The van der Waals surface area contributed by atoms with Crippen LogP contribution in [0.1, 0.15) is 0 Å². The molecule has 0 aliphatic rings. The van der Waals surface area contributed by atoms with Crippen LogP contribution in [0, 0.1) is 0 Å². The lowest BCUT2D eigenvalue weighted by Crippen LogP contribution is -2.13. The Morgan fingerprint density at radius 1 is 0.571 bits per heavy atom. The van der Waals surface area contributed by atoms with Gasteiger partial charge in [-0.1, -0.05) is 24.3 Å². The molecule has 1 heterocycles. The Labute approximate surface area is 200 Å². The maximum atomic E-state index is 12.9. The van der Waals surface area contributed by atoms with Crippen LogP contribution in [0.2, 0.25) is 0 Å². The first kappa shape index (κ1) is 22.6. The lowest BCUT2D eigenvalue weighted by molar-refractivity contribution is 0.477. The molecule has 0 aliphatic carbocycles. The van der Waals surface area contributed by atoms with Gasteiger partial charge in [0, 0.05) is 10.8 Å². The molecule has 0 fully saturated rings. The van der Waals surface area contributed by atoms with Crippen LogP contribution in [0.15, 0.2) is 99.1 Å². The predicted molar refractivity (Wildman–Crippen MR) is 132 cm³/mol. The van der Waals surface area contributed by atoms with Crippen molar-refractivity contribution in [3.05, 3.63) is 84.9 Å². The molecule has 0 unspecified atom stereocenters. The summed E-state index contributed by atoms with van der Waals surface area (Å²) in [6.45, 7) is 0. The summed E-state index contributed by atoms with van der Waals surface area (Å²) in [5, 5.41) is 20.6. The molecule has 4 N–H and O–H groups in total. The lowest BCUT2D eigenvalue weighted by atomic mass is 10.1. The summed E-state index contributed by atoms with van der Waals surface area (Å²) in [5.41, 5.74) is 0.774. The first-order valence-corrected chi connectivity index (χ1v) is 13.2. The minimum atomic E-state index is -4.07. The van der Waals surface area contributed by atoms with Gasteiger partial charge in [0.2, 0.25) is 0 Å². The SMILES string of the molecule is O=S(=O)(Nc1ccccc1O)c1ccc2oc3ccc(S(=O)(=O)Nc4ccccc4O)cc3c2c1. The summed E-state index contributed by atoms with van der Waals surface area (Å²) in [6.07, 6.45) is 0. The van der Waals surface area contributed by atoms with Gasteiger partial charge in [-0.15, -0.1) is 0 Å². The zero-order valence-corrected chi connectivity index (χ0v) is 19.5. The van der Waals surface area contributed by atoms with Crippen LogP contribution >= 0.6 is 0 Å². The number of aromatic hydroxyl groups is 2. The Hall–Kier alpha value is -4.22. The van der Waals surface area contributed by atoms with Crippen LogP contribution in [-0.2, 0) is 20.0 Å². The van der Waals surface area contributed by atoms with Crippen LogP contribution in [0.4, 0.5) is 11.4 Å². The molecule has 11 heteroatoms. The van der Waals surface area contributed by atoms with Crippen molar-refractivity contribution >= 4 is 53.4 Å². The molecule has 0 amide bonds. The van der Waals surface area contributed by atoms with Gasteiger partial charge in [0.25, 0.3) is 20.0 Å². The summed E-state index contributed by atoms with van der Waals surface area (Å²) >= 11 is 0. The van der Waals surface area contributed by atoms with Crippen LogP contribution < -0.4 is 9.44 Å². The van der Waals surface area contributed by atoms with E-state index in [9.17, 15) is 27.0 Å². The minimum absolute atomic E-state index is 0.0215. The van der Waals surface area contributed by atoms with Gasteiger partial charge in [0.1, 0.15) is 22.7 Å². The van der Waals surface area contributed by atoms with E-state index in [-0.39, 0.29) is 32.7 Å². The molecular formula is C24H18N2O7S2. The highest BCUT2D eigenvalue weighted by Gasteiger charge is 2.21. The Kier molecular flexibility index (Phi) is 5.30. The lowest BCUT2D eigenvalue weighted by Gasteiger charge is -2.10. The number of benzene rings is 4. The third kappa shape index (κ3) is 4.22. The monoisotopic (exact) mass is 510 g/mol. The van der Waals surface area contributed by atoms with Crippen molar-refractivity contribution in [1.82, 2.24) is 0 Å². The van der Waals surface area contributed by atoms with Gasteiger partial charge in [-0.05, 0) is 60.7 Å². The molecule has 0 atom stereocenters. The number of phenols is 2. The van der Waals surface area contributed by atoms with E-state index in [1.807, 2.05) is 0 Å². The fraction of sp³-hybridized carbons (Fsp3) is 0. The zero-order chi connectivity index (χ0) is 24.8. The van der Waals surface area contributed by atoms with Crippen molar-refractivity contribution in [3.8, 4) is 11.5 Å². The highest BCUT2D eigenvalue weighted by molar-refractivity contribution is 7.93. The number of fused-ring (bicyclic) bond motifs is 3. The van der Waals surface area contributed by atoms with E-state index in [4.69, 9.17) is 4.42 Å². The Bertz CT molecular complexity index is 1680. The van der Waals surface area contributed by atoms with Gasteiger partial charge >= 0.3 is 0 Å². The van der Waals surface area contributed by atoms with E-state index in [0.29, 0.717) is 21.9 Å². The van der Waals surface area contributed by atoms with Crippen molar-refractivity contribution in [2.45, 2.75) is 9.79 Å². The van der Waals surface area contributed by atoms with Crippen molar-refractivity contribution < 1.29 is 31.5 Å². The molecule has 0 spiro atoms. The Morgan fingerprint density at radius 2 is 0.971 bits per heavy atom. The summed E-state index contributed by atoms with van der Waals surface area (Å²) < 4.78 is 62.2. The molecule has 35 heavy (non-hydrogen) atoms. The third-order valence-corrected chi connectivity index (χ3v) is 8.06. The largest absolute Gasteiger partial charge is 0.506 e. The molecule has 1 aromatic heterocycles. The van der Waals surface area contributed by atoms with Crippen LogP contribution in [0.5, 0.6) is 11.5 Å². The highest BCUT2D eigenvalue weighted by Crippen LogP contribution is 2.34. The van der Waals surface area contributed by atoms with Crippen LogP contribution in [0.3, 0.4) is 0 Å². The van der Waals surface area contributed by atoms with E-state index >= 15 is 0 Å². The number of furan rings is 1. The maximum absolute atomic E-state index is 12.9. The van der Waals surface area contributed by atoms with E-state index in [2.05, 4.69) is 9.44 Å². The van der Waals surface area contributed by atoms with Crippen molar-refractivity contribution in [3.63, 3.8) is 0 Å². The van der Waals surface area contributed by atoms with Gasteiger partial charge in [-0.2, -0.15) is 0 Å². The topological polar surface area (TPSA) is 146 Å². The number of anilines is 2. The van der Waals surface area contributed by atoms with E-state index in [0.717, 1.165) is 0 Å². The molecule has 0 saturated carbocycles. The Morgan fingerprint density at radius 3 is 1.37 bits per heavy atom. The number of hydrogen-bond donors (Lipinski definition) is 4. The van der Waals surface area contributed by atoms with Crippen LogP contribution in [-0.4, -0.2) is 27.0 Å². The second kappa shape index (κ2) is 8.22. The molecule has 5 aromatic rings. The minimum Gasteiger partial charge on any atom is -0.506 e. The number of nitrogens with one attached hydrogen (secondary N) is 2. The zero-order valence-electron chi connectivity index (χ0n) is 17.8. The smallest absolute Gasteiger partial charge is 0.262 e. The van der Waals surface area contributed by atoms with E-state index in [1.54, 1.807) is 24.3 Å². The van der Waals surface area contributed by atoms with Crippen molar-refractivity contribution in [2.24, 2.45) is 0 Å². The third-order valence-electron chi connectivity index (χ3n) is 5.33. The summed E-state index contributed by atoms with van der Waals surface area (Å²) in [4.78, 5) is -0.201. The van der Waals surface area contributed by atoms with Crippen molar-refractivity contribution in [1.29, 1.82) is 0 Å². The molecule has 178 valence electrons. The van der Waals surface area contributed by atoms with E-state index in [1.165, 1.54) is 60.7 Å². The first-order valence-electron chi connectivity index (χ1n) is 10.2. The summed E-state index contributed by atoms with van der Waals surface area (Å²) in [5.74, 6) is -0.449. The number of rotatable bonds is 6. The van der Waals surface area contributed by atoms with Gasteiger partial charge in [0.05, 0.1) is 21.2 Å². The number of hydrogen-bond acceptors (Lipinski definition) is 7. The summed E-state index contributed by atoms with van der Waals surface area (Å²) in [7, 11) is -8.14. The Balaban J connectivity index is 1.57. The maximum Gasteiger partial charge on any atom is 0.262 e. The van der Waals surface area contributed by atoms with Crippen molar-refractivity contribution in [2.75, 3.05) is 9.44 Å². The predicted octanol–water partition coefficient (Wildman–Crippen LogP) is 4.60. The molecule has 0 aliphatic heterocycles. The molecule has 0 saturated heterocycles. The average molecular weight is 511 g/mol. The fourth-order valence-electron chi connectivity index (χ4n) is 3.60. The van der Waals surface area contributed by atoms with Crippen LogP contribution in [0.25, 0.3) is 21.9 Å². The normalized spacial score (nSPS) is 12.1. The number of sulfonamides is 2. The standard InChI is InChI=1S/C24H18N2O7S2/c27-21-7-3-1-5-19(21)25-34(29,30)15-9-11-23-17(13-15)18-14-16(10-12-24(18)33-23)35(31,32)26-20-6-2-4-8-22(20)28/h1-14,25-28H. The molecular weight excluding hydrogens is 492 g/mol. The molecule has 5 rings (SSSR count). The fourth-order valence-corrected chi connectivity index (χ4v) is 5.80. The second-order valence-electron chi connectivity index (χ2n) is 7.66. The number of para-hydroxylation sites is 4. The van der Waals surface area contributed by atoms with Gasteiger partial charge in [-0.25, -0.2) is 16.8 Å².